The molecule has 1 aromatic rings. The number of hydrogen-bond donors (Lipinski definition) is 0. The molecule has 0 aliphatic rings. The summed E-state index contributed by atoms with van der Waals surface area (Å²) in [6, 6.07) is 8.31. The number of benzene rings is 1. The zero-order valence-corrected chi connectivity index (χ0v) is 10.4. The smallest absolute Gasteiger partial charge is 0.307 e. The number of nitrogens with zero attached hydrogens (tertiary/aromatic N) is 1. The van der Waals surface area contributed by atoms with Crippen LogP contribution >= 0.6 is 0 Å². The Morgan fingerprint density at radius 3 is 2.31 bits per heavy atom. The number of methoxy groups -OCH3 is 1. The van der Waals surface area contributed by atoms with Crippen molar-refractivity contribution in [2.24, 2.45) is 0 Å². The summed E-state index contributed by atoms with van der Waals surface area (Å²) in [6.07, 6.45) is 0.382. The standard InChI is InChI=1S/C13H19NO2/c1-10-5-7-11(8-6-10)12(14(2)3)9-13(15)16-4/h5-8,12H,9H2,1-4H3. The van der Waals surface area contributed by atoms with Gasteiger partial charge in [0, 0.05) is 6.04 Å². The Labute approximate surface area is 97.0 Å². The molecule has 0 aliphatic carbocycles. The van der Waals surface area contributed by atoms with Crippen LogP contribution in [0.2, 0.25) is 0 Å². The van der Waals surface area contributed by atoms with Crippen molar-refractivity contribution in [1.82, 2.24) is 4.90 Å². The Hall–Kier alpha value is -1.35. The second kappa shape index (κ2) is 5.66. The van der Waals surface area contributed by atoms with Crippen LogP contribution in [0.4, 0.5) is 0 Å². The van der Waals surface area contributed by atoms with Crippen molar-refractivity contribution in [2.75, 3.05) is 21.2 Å². The monoisotopic (exact) mass is 221 g/mol. The van der Waals surface area contributed by atoms with E-state index >= 15 is 0 Å². The highest BCUT2D eigenvalue weighted by Gasteiger charge is 2.18. The van der Waals surface area contributed by atoms with Gasteiger partial charge in [-0.1, -0.05) is 29.8 Å². The molecule has 0 radical (unpaired) electrons. The SMILES string of the molecule is COC(=O)CC(c1ccc(C)cc1)N(C)C. The minimum absolute atomic E-state index is 0.0769. The topological polar surface area (TPSA) is 29.5 Å². The summed E-state index contributed by atoms with van der Waals surface area (Å²) >= 11 is 0. The van der Waals surface area contributed by atoms with Gasteiger partial charge in [-0.05, 0) is 26.6 Å². The number of rotatable bonds is 4. The van der Waals surface area contributed by atoms with E-state index in [1.807, 2.05) is 19.0 Å². The quantitative estimate of drug-likeness (QED) is 0.730. The Morgan fingerprint density at radius 1 is 1.31 bits per heavy atom. The molecule has 0 saturated heterocycles. The van der Waals surface area contributed by atoms with E-state index in [4.69, 9.17) is 4.74 Å². The maximum atomic E-state index is 11.3. The summed E-state index contributed by atoms with van der Waals surface area (Å²) in [5, 5.41) is 0. The van der Waals surface area contributed by atoms with E-state index in [0.29, 0.717) is 6.42 Å². The summed E-state index contributed by atoms with van der Waals surface area (Å²) in [6.45, 7) is 2.05. The highest BCUT2D eigenvalue weighted by atomic mass is 16.5. The molecular weight excluding hydrogens is 202 g/mol. The normalized spacial score (nSPS) is 12.6. The largest absolute Gasteiger partial charge is 0.469 e. The van der Waals surface area contributed by atoms with Crippen LogP contribution in [0.25, 0.3) is 0 Å². The van der Waals surface area contributed by atoms with Crippen LogP contribution < -0.4 is 0 Å². The molecule has 3 nitrogen and oxygen atoms in total. The van der Waals surface area contributed by atoms with Crippen LogP contribution in [0.1, 0.15) is 23.6 Å². The van der Waals surface area contributed by atoms with Crippen molar-refractivity contribution in [3.05, 3.63) is 35.4 Å². The molecule has 0 bridgehead atoms. The molecule has 0 aliphatic heterocycles. The van der Waals surface area contributed by atoms with Gasteiger partial charge in [0.15, 0.2) is 0 Å². The zero-order chi connectivity index (χ0) is 12.1. The Morgan fingerprint density at radius 2 is 1.88 bits per heavy atom. The van der Waals surface area contributed by atoms with Gasteiger partial charge in [-0.2, -0.15) is 0 Å². The van der Waals surface area contributed by atoms with Crippen LogP contribution in [0.3, 0.4) is 0 Å². The first-order valence-corrected chi connectivity index (χ1v) is 5.34. The summed E-state index contributed by atoms with van der Waals surface area (Å²) in [7, 11) is 5.35. The van der Waals surface area contributed by atoms with Gasteiger partial charge in [0.05, 0.1) is 13.5 Å². The van der Waals surface area contributed by atoms with Crippen molar-refractivity contribution >= 4 is 5.97 Å². The summed E-state index contributed by atoms with van der Waals surface area (Å²) in [5.74, 6) is -0.181. The van der Waals surface area contributed by atoms with Gasteiger partial charge in [0.2, 0.25) is 0 Å². The third-order valence-corrected chi connectivity index (χ3v) is 2.67. The molecule has 0 N–H and O–H groups in total. The number of hydrogen-bond acceptors (Lipinski definition) is 3. The minimum atomic E-state index is -0.181. The third kappa shape index (κ3) is 3.35. The maximum absolute atomic E-state index is 11.3. The van der Waals surface area contributed by atoms with Crippen molar-refractivity contribution in [1.29, 1.82) is 0 Å². The van der Waals surface area contributed by atoms with E-state index in [0.717, 1.165) is 5.56 Å². The van der Waals surface area contributed by atoms with Crippen molar-refractivity contribution in [3.63, 3.8) is 0 Å². The third-order valence-electron chi connectivity index (χ3n) is 2.67. The van der Waals surface area contributed by atoms with Gasteiger partial charge < -0.3 is 9.64 Å². The molecular formula is C13H19NO2. The van der Waals surface area contributed by atoms with Gasteiger partial charge >= 0.3 is 5.97 Å². The number of ether oxygens (including phenoxy) is 1. The zero-order valence-electron chi connectivity index (χ0n) is 10.4. The summed E-state index contributed by atoms with van der Waals surface area (Å²) in [4.78, 5) is 13.3. The number of carbonyl (C=O) groups excluding carboxylic acids is 1. The first kappa shape index (κ1) is 12.7. The van der Waals surface area contributed by atoms with Gasteiger partial charge in [0.1, 0.15) is 0 Å². The van der Waals surface area contributed by atoms with Gasteiger partial charge in [-0.15, -0.1) is 0 Å². The van der Waals surface area contributed by atoms with Crippen molar-refractivity contribution in [3.8, 4) is 0 Å². The first-order chi connectivity index (χ1) is 7.54. The van der Waals surface area contributed by atoms with Crippen LogP contribution in [0.15, 0.2) is 24.3 Å². The maximum Gasteiger partial charge on any atom is 0.307 e. The summed E-state index contributed by atoms with van der Waals surface area (Å²) in [5.41, 5.74) is 2.36. The van der Waals surface area contributed by atoms with Crippen molar-refractivity contribution < 1.29 is 9.53 Å². The number of aryl methyl sites for hydroxylation is 1. The molecule has 3 heteroatoms. The molecule has 1 rings (SSSR count). The van der Waals surface area contributed by atoms with Gasteiger partial charge in [-0.3, -0.25) is 4.79 Å². The molecule has 1 atom stereocenters. The fourth-order valence-corrected chi connectivity index (χ4v) is 1.63. The lowest BCUT2D eigenvalue weighted by Gasteiger charge is -2.23. The summed E-state index contributed by atoms with van der Waals surface area (Å²) < 4.78 is 4.71. The molecule has 0 fully saturated rings. The van der Waals surface area contributed by atoms with E-state index in [2.05, 4.69) is 31.2 Å². The predicted octanol–water partition coefficient (Wildman–Crippen LogP) is 2.16. The van der Waals surface area contributed by atoms with Gasteiger partial charge in [-0.25, -0.2) is 0 Å². The Kier molecular flexibility index (Phi) is 4.50. The lowest BCUT2D eigenvalue weighted by atomic mass is 10.0. The number of esters is 1. The van der Waals surface area contributed by atoms with Crippen LogP contribution in [0.5, 0.6) is 0 Å². The molecule has 0 heterocycles. The first-order valence-electron chi connectivity index (χ1n) is 5.34. The van der Waals surface area contributed by atoms with Crippen LogP contribution in [0, 0.1) is 6.92 Å². The van der Waals surface area contributed by atoms with E-state index in [1.165, 1.54) is 12.7 Å². The van der Waals surface area contributed by atoms with E-state index in [9.17, 15) is 4.79 Å². The Balaban J connectivity index is 2.85. The number of carbonyl (C=O) groups is 1. The average Bonchev–Trinajstić information content (AvgIpc) is 2.26. The highest BCUT2D eigenvalue weighted by molar-refractivity contribution is 5.70. The second-order valence-electron chi connectivity index (χ2n) is 4.17. The second-order valence-corrected chi connectivity index (χ2v) is 4.17. The molecule has 0 spiro atoms. The molecule has 0 saturated carbocycles. The minimum Gasteiger partial charge on any atom is -0.469 e. The fourth-order valence-electron chi connectivity index (χ4n) is 1.63. The fraction of sp³-hybridized carbons (Fsp3) is 0.462. The molecule has 0 aromatic heterocycles. The molecule has 1 unspecified atom stereocenters. The lowest BCUT2D eigenvalue weighted by Crippen LogP contribution is -2.23. The molecule has 0 amide bonds. The molecule has 16 heavy (non-hydrogen) atoms. The van der Waals surface area contributed by atoms with Crippen LogP contribution in [-0.4, -0.2) is 32.1 Å². The van der Waals surface area contributed by atoms with E-state index < -0.39 is 0 Å². The molecule has 88 valence electrons. The molecule has 1 aromatic carbocycles. The average molecular weight is 221 g/mol. The van der Waals surface area contributed by atoms with Crippen molar-refractivity contribution in [2.45, 2.75) is 19.4 Å². The lowest BCUT2D eigenvalue weighted by molar-refractivity contribution is -0.141. The Bertz CT molecular complexity index is 343. The predicted molar refractivity (Wildman–Crippen MR) is 64.2 cm³/mol. The highest BCUT2D eigenvalue weighted by Crippen LogP contribution is 2.22. The van der Waals surface area contributed by atoms with E-state index in [1.54, 1.807) is 0 Å². The van der Waals surface area contributed by atoms with Crippen LogP contribution in [-0.2, 0) is 9.53 Å². The van der Waals surface area contributed by atoms with E-state index in [-0.39, 0.29) is 12.0 Å². The van der Waals surface area contributed by atoms with Gasteiger partial charge in [0.25, 0.3) is 0 Å².